The monoisotopic (exact) mass is 285 g/mol. The van der Waals surface area contributed by atoms with E-state index in [9.17, 15) is 4.79 Å². The fraction of sp³-hybridized carbons (Fsp3) is 0.312. The van der Waals surface area contributed by atoms with Gasteiger partial charge in [0.15, 0.2) is 0 Å². The van der Waals surface area contributed by atoms with Gasteiger partial charge in [0.05, 0.1) is 19.4 Å². The molecule has 3 N–H and O–H groups in total. The Morgan fingerprint density at radius 3 is 3.10 bits per heavy atom. The highest BCUT2D eigenvalue weighted by molar-refractivity contribution is 5.82. The molecule has 0 fully saturated rings. The Morgan fingerprint density at radius 2 is 2.29 bits per heavy atom. The Bertz CT molecular complexity index is 622. The number of amides is 1. The molecule has 1 aliphatic rings. The summed E-state index contributed by atoms with van der Waals surface area (Å²) >= 11 is 0. The summed E-state index contributed by atoms with van der Waals surface area (Å²) in [6.45, 7) is 1.68. The first-order valence-corrected chi connectivity index (χ1v) is 7.15. The fourth-order valence-electron chi connectivity index (χ4n) is 2.69. The number of anilines is 2. The van der Waals surface area contributed by atoms with E-state index in [0.29, 0.717) is 13.1 Å². The molecule has 5 heteroatoms. The Hall–Kier alpha value is -2.43. The smallest absolute Gasteiger partial charge is 0.239 e. The molecule has 0 spiro atoms. The average molecular weight is 285 g/mol. The lowest BCUT2D eigenvalue weighted by molar-refractivity contribution is -0.120. The molecule has 0 saturated carbocycles. The van der Waals surface area contributed by atoms with Crippen molar-refractivity contribution in [3.8, 4) is 0 Å². The number of hydrogen-bond acceptors (Lipinski definition) is 4. The third-order valence-corrected chi connectivity index (χ3v) is 3.69. The number of nitrogens with two attached hydrogens (primary N) is 1. The molecule has 1 amide bonds. The van der Waals surface area contributed by atoms with Gasteiger partial charge < -0.3 is 20.4 Å². The van der Waals surface area contributed by atoms with Crippen LogP contribution < -0.4 is 16.0 Å². The maximum atomic E-state index is 12.1. The van der Waals surface area contributed by atoms with Gasteiger partial charge in [-0.05, 0) is 48.7 Å². The number of aryl methyl sites for hydroxylation is 1. The molecule has 1 aromatic heterocycles. The van der Waals surface area contributed by atoms with E-state index in [-0.39, 0.29) is 5.91 Å². The van der Waals surface area contributed by atoms with Gasteiger partial charge in [0, 0.05) is 17.9 Å². The average Bonchev–Trinajstić information content (AvgIpc) is 2.98. The van der Waals surface area contributed by atoms with Crippen molar-refractivity contribution in [1.82, 2.24) is 5.32 Å². The summed E-state index contributed by atoms with van der Waals surface area (Å²) in [5.41, 5.74) is 8.93. The van der Waals surface area contributed by atoms with E-state index >= 15 is 0 Å². The summed E-state index contributed by atoms with van der Waals surface area (Å²) in [5.74, 6) is 0.756. The van der Waals surface area contributed by atoms with Gasteiger partial charge >= 0.3 is 0 Å². The predicted molar refractivity (Wildman–Crippen MR) is 81.9 cm³/mol. The molecule has 3 rings (SSSR count). The highest BCUT2D eigenvalue weighted by Crippen LogP contribution is 2.28. The van der Waals surface area contributed by atoms with Crippen LogP contribution in [0.5, 0.6) is 0 Å². The van der Waals surface area contributed by atoms with Gasteiger partial charge in [0.2, 0.25) is 5.91 Å². The zero-order valence-corrected chi connectivity index (χ0v) is 11.8. The largest absolute Gasteiger partial charge is 0.467 e. The molecule has 0 unspecified atom stereocenters. The first-order chi connectivity index (χ1) is 10.2. The van der Waals surface area contributed by atoms with Crippen molar-refractivity contribution in [2.24, 2.45) is 0 Å². The van der Waals surface area contributed by atoms with E-state index < -0.39 is 0 Å². The van der Waals surface area contributed by atoms with Crippen LogP contribution in [0.2, 0.25) is 0 Å². The third kappa shape index (κ3) is 3.18. The lowest BCUT2D eigenvalue weighted by atomic mass is 10.0. The summed E-state index contributed by atoms with van der Waals surface area (Å²) in [6.07, 6.45) is 3.67. The summed E-state index contributed by atoms with van der Waals surface area (Å²) in [7, 11) is 0. The summed E-state index contributed by atoms with van der Waals surface area (Å²) in [6, 6.07) is 9.55. The lowest BCUT2D eigenvalue weighted by Gasteiger charge is -2.30. The van der Waals surface area contributed by atoms with Gasteiger partial charge in [-0.1, -0.05) is 0 Å². The van der Waals surface area contributed by atoms with E-state index in [1.165, 1.54) is 5.56 Å². The number of benzene rings is 1. The Balaban J connectivity index is 1.62. The van der Waals surface area contributed by atoms with Crippen molar-refractivity contribution in [2.75, 3.05) is 23.7 Å². The van der Waals surface area contributed by atoms with Gasteiger partial charge in [0.25, 0.3) is 0 Å². The van der Waals surface area contributed by atoms with E-state index in [1.807, 2.05) is 30.3 Å². The lowest BCUT2D eigenvalue weighted by Crippen LogP contribution is -2.39. The van der Waals surface area contributed by atoms with E-state index in [4.69, 9.17) is 10.2 Å². The van der Waals surface area contributed by atoms with E-state index in [0.717, 1.165) is 36.5 Å². The number of nitrogens with zero attached hydrogens (tertiary/aromatic N) is 1. The van der Waals surface area contributed by atoms with Crippen LogP contribution in [0.1, 0.15) is 17.7 Å². The zero-order chi connectivity index (χ0) is 14.7. The molecule has 2 heterocycles. The van der Waals surface area contributed by atoms with Crippen LogP contribution in [0.25, 0.3) is 0 Å². The topological polar surface area (TPSA) is 71.5 Å². The van der Waals surface area contributed by atoms with Crippen LogP contribution in [-0.4, -0.2) is 19.0 Å². The zero-order valence-electron chi connectivity index (χ0n) is 11.8. The van der Waals surface area contributed by atoms with E-state index in [1.54, 1.807) is 6.26 Å². The first-order valence-electron chi connectivity index (χ1n) is 7.15. The first kappa shape index (κ1) is 13.5. The molecular weight excluding hydrogens is 266 g/mol. The number of rotatable bonds is 4. The van der Waals surface area contributed by atoms with Crippen molar-refractivity contribution < 1.29 is 9.21 Å². The van der Waals surface area contributed by atoms with Crippen LogP contribution in [0.4, 0.5) is 11.4 Å². The number of fused-ring (bicyclic) bond motifs is 1. The van der Waals surface area contributed by atoms with Crippen LogP contribution >= 0.6 is 0 Å². The number of furan rings is 1. The molecule has 0 radical (unpaired) electrons. The second-order valence-corrected chi connectivity index (χ2v) is 5.27. The summed E-state index contributed by atoms with van der Waals surface area (Å²) in [5, 5.41) is 2.88. The van der Waals surface area contributed by atoms with Gasteiger partial charge in [-0.15, -0.1) is 0 Å². The Kier molecular flexibility index (Phi) is 3.81. The number of nitrogens with one attached hydrogen (secondary N) is 1. The molecule has 1 aliphatic heterocycles. The van der Waals surface area contributed by atoms with Gasteiger partial charge in [-0.3, -0.25) is 4.79 Å². The van der Waals surface area contributed by atoms with Crippen LogP contribution in [-0.2, 0) is 17.8 Å². The molecule has 21 heavy (non-hydrogen) atoms. The molecular formula is C16H19N3O2. The predicted octanol–water partition coefficient (Wildman–Crippen LogP) is 1.93. The number of carbonyl (C=O) groups is 1. The molecule has 0 saturated heterocycles. The highest BCUT2D eigenvalue weighted by atomic mass is 16.3. The van der Waals surface area contributed by atoms with Crippen molar-refractivity contribution in [2.45, 2.75) is 19.4 Å². The van der Waals surface area contributed by atoms with Crippen LogP contribution in [0.3, 0.4) is 0 Å². The standard InChI is InChI=1S/C16H19N3O2/c17-13-5-6-15-12(9-13)3-1-7-19(15)11-16(20)18-10-14-4-2-8-21-14/h2,4-6,8-9H,1,3,7,10-11,17H2,(H,18,20). The highest BCUT2D eigenvalue weighted by Gasteiger charge is 2.19. The number of carbonyl (C=O) groups excluding carboxylic acids is 1. The maximum Gasteiger partial charge on any atom is 0.239 e. The Morgan fingerprint density at radius 1 is 1.38 bits per heavy atom. The number of hydrogen-bond donors (Lipinski definition) is 2. The van der Waals surface area contributed by atoms with Gasteiger partial charge in [0.1, 0.15) is 5.76 Å². The maximum absolute atomic E-state index is 12.1. The minimum absolute atomic E-state index is 0.00363. The van der Waals surface area contributed by atoms with E-state index in [2.05, 4.69) is 10.2 Å². The van der Waals surface area contributed by atoms with Crippen LogP contribution in [0, 0.1) is 0 Å². The number of nitrogen functional groups attached to an aromatic ring is 1. The van der Waals surface area contributed by atoms with Crippen molar-refractivity contribution in [3.63, 3.8) is 0 Å². The molecule has 5 nitrogen and oxygen atoms in total. The van der Waals surface area contributed by atoms with Gasteiger partial charge in [-0.25, -0.2) is 0 Å². The molecule has 2 aromatic rings. The minimum Gasteiger partial charge on any atom is -0.467 e. The Labute approximate surface area is 123 Å². The second-order valence-electron chi connectivity index (χ2n) is 5.27. The summed E-state index contributed by atoms with van der Waals surface area (Å²) in [4.78, 5) is 14.2. The van der Waals surface area contributed by atoms with Crippen molar-refractivity contribution in [1.29, 1.82) is 0 Å². The fourth-order valence-corrected chi connectivity index (χ4v) is 2.69. The SMILES string of the molecule is Nc1ccc2c(c1)CCCN2CC(=O)NCc1ccco1. The molecule has 0 bridgehead atoms. The molecule has 1 aromatic carbocycles. The second kappa shape index (κ2) is 5.91. The van der Waals surface area contributed by atoms with Crippen molar-refractivity contribution >= 4 is 17.3 Å². The molecule has 0 atom stereocenters. The van der Waals surface area contributed by atoms with Crippen LogP contribution in [0.15, 0.2) is 41.0 Å². The summed E-state index contributed by atoms with van der Waals surface area (Å²) < 4.78 is 5.20. The van der Waals surface area contributed by atoms with Crippen molar-refractivity contribution in [3.05, 3.63) is 47.9 Å². The molecule has 0 aliphatic carbocycles. The third-order valence-electron chi connectivity index (χ3n) is 3.69. The van der Waals surface area contributed by atoms with Gasteiger partial charge in [-0.2, -0.15) is 0 Å². The quantitative estimate of drug-likeness (QED) is 0.842. The molecule has 110 valence electrons. The normalized spacial score (nSPS) is 13.8. The minimum atomic E-state index is -0.00363.